The van der Waals surface area contributed by atoms with Crippen LogP contribution in [0.5, 0.6) is 0 Å². The SMILES string of the molecule is CCc1nc(CCN=C(N)Nc2cccc(C)c2)sc1C. The molecule has 0 aliphatic heterocycles. The highest BCUT2D eigenvalue weighted by Crippen LogP contribution is 2.18. The summed E-state index contributed by atoms with van der Waals surface area (Å²) >= 11 is 1.75. The molecule has 0 bridgehead atoms. The Labute approximate surface area is 130 Å². The van der Waals surface area contributed by atoms with E-state index in [0.29, 0.717) is 12.5 Å². The van der Waals surface area contributed by atoms with Gasteiger partial charge in [-0.2, -0.15) is 0 Å². The van der Waals surface area contributed by atoms with Crippen molar-refractivity contribution in [3.63, 3.8) is 0 Å². The number of thiazole rings is 1. The number of nitrogens with two attached hydrogens (primary N) is 1. The van der Waals surface area contributed by atoms with Gasteiger partial charge in [-0.25, -0.2) is 4.98 Å². The van der Waals surface area contributed by atoms with Crippen LogP contribution in [0.15, 0.2) is 29.3 Å². The third-order valence-corrected chi connectivity index (χ3v) is 4.24. The molecule has 5 heteroatoms. The maximum absolute atomic E-state index is 5.90. The summed E-state index contributed by atoms with van der Waals surface area (Å²) in [5, 5.41) is 4.24. The zero-order valence-corrected chi connectivity index (χ0v) is 13.6. The van der Waals surface area contributed by atoms with E-state index in [1.165, 1.54) is 16.1 Å². The summed E-state index contributed by atoms with van der Waals surface area (Å²) < 4.78 is 0. The normalized spacial score (nSPS) is 11.7. The molecule has 3 N–H and O–H groups in total. The van der Waals surface area contributed by atoms with Crippen LogP contribution in [0.3, 0.4) is 0 Å². The van der Waals surface area contributed by atoms with Gasteiger partial charge in [0.15, 0.2) is 5.96 Å². The maximum Gasteiger partial charge on any atom is 0.193 e. The predicted molar refractivity (Wildman–Crippen MR) is 91.2 cm³/mol. The lowest BCUT2D eigenvalue weighted by Crippen LogP contribution is -2.23. The highest BCUT2D eigenvalue weighted by molar-refractivity contribution is 7.11. The molecule has 0 saturated carbocycles. The Morgan fingerprint density at radius 1 is 1.38 bits per heavy atom. The van der Waals surface area contributed by atoms with Gasteiger partial charge in [-0.3, -0.25) is 4.99 Å². The topological polar surface area (TPSA) is 63.3 Å². The summed E-state index contributed by atoms with van der Waals surface area (Å²) in [4.78, 5) is 10.3. The fourth-order valence-electron chi connectivity index (χ4n) is 2.10. The lowest BCUT2D eigenvalue weighted by atomic mass is 10.2. The predicted octanol–water partition coefficient (Wildman–Crippen LogP) is 3.29. The molecule has 0 unspecified atom stereocenters. The van der Waals surface area contributed by atoms with Crippen LogP contribution in [0.1, 0.15) is 28.1 Å². The molecule has 1 heterocycles. The molecular formula is C16H22N4S. The third kappa shape index (κ3) is 4.56. The number of rotatable bonds is 5. The van der Waals surface area contributed by atoms with Gasteiger partial charge in [0.25, 0.3) is 0 Å². The number of aryl methyl sites for hydroxylation is 3. The number of aromatic nitrogens is 1. The Hall–Kier alpha value is -1.88. The van der Waals surface area contributed by atoms with Crippen LogP contribution in [0.25, 0.3) is 0 Å². The Morgan fingerprint density at radius 3 is 2.86 bits per heavy atom. The molecule has 0 amide bonds. The van der Waals surface area contributed by atoms with Gasteiger partial charge in [0.05, 0.1) is 10.7 Å². The molecule has 0 spiro atoms. The quantitative estimate of drug-likeness (QED) is 0.658. The average Bonchev–Trinajstić information content (AvgIpc) is 2.79. The van der Waals surface area contributed by atoms with Crippen LogP contribution < -0.4 is 11.1 Å². The van der Waals surface area contributed by atoms with Crippen molar-refractivity contribution >= 4 is 23.0 Å². The molecule has 0 aliphatic rings. The first kappa shape index (κ1) is 15.5. The molecule has 2 rings (SSSR count). The average molecular weight is 302 g/mol. The van der Waals surface area contributed by atoms with E-state index in [1.54, 1.807) is 11.3 Å². The van der Waals surface area contributed by atoms with Crippen molar-refractivity contribution < 1.29 is 0 Å². The van der Waals surface area contributed by atoms with Crippen molar-refractivity contribution in [1.29, 1.82) is 0 Å². The van der Waals surface area contributed by atoms with Crippen LogP contribution in [0.4, 0.5) is 5.69 Å². The largest absolute Gasteiger partial charge is 0.370 e. The summed E-state index contributed by atoms with van der Waals surface area (Å²) in [5.74, 6) is 0.449. The van der Waals surface area contributed by atoms with E-state index >= 15 is 0 Å². The van der Waals surface area contributed by atoms with Gasteiger partial charge < -0.3 is 11.1 Å². The summed E-state index contributed by atoms with van der Waals surface area (Å²) in [7, 11) is 0. The number of nitrogens with zero attached hydrogens (tertiary/aromatic N) is 2. The number of aliphatic imine (C=N–C) groups is 1. The molecule has 4 nitrogen and oxygen atoms in total. The van der Waals surface area contributed by atoms with Crippen molar-refractivity contribution in [3.05, 3.63) is 45.4 Å². The first-order valence-electron chi connectivity index (χ1n) is 7.17. The Morgan fingerprint density at radius 2 is 2.19 bits per heavy atom. The van der Waals surface area contributed by atoms with Crippen LogP contribution in [-0.2, 0) is 12.8 Å². The second-order valence-corrected chi connectivity index (χ2v) is 6.26. The van der Waals surface area contributed by atoms with Gasteiger partial charge in [-0.15, -0.1) is 11.3 Å². The molecule has 0 aliphatic carbocycles. The number of nitrogens with one attached hydrogen (secondary N) is 1. The molecule has 112 valence electrons. The molecule has 0 atom stereocenters. The molecule has 0 fully saturated rings. The van der Waals surface area contributed by atoms with Crippen molar-refractivity contribution in [3.8, 4) is 0 Å². The van der Waals surface area contributed by atoms with Crippen molar-refractivity contribution in [2.45, 2.75) is 33.6 Å². The number of anilines is 1. The highest BCUT2D eigenvalue weighted by atomic mass is 32.1. The van der Waals surface area contributed by atoms with Gasteiger partial charge in [-0.05, 0) is 38.0 Å². The third-order valence-electron chi connectivity index (χ3n) is 3.17. The zero-order chi connectivity index (χ0) is 15.2. The van der Waals surface area contributed by atoms with Gasteiger partial charge in [0, 0.05) is 23.5 Å². The van der Waals surface area contributed by atoms with E-state index in [0.717, 1.165) is 23.5 Å². The molecule has 1 aromatic carbocycles. The molecule has 0 radical (unpaired) electrons. The number of guanidine groups is 1. The first-order valence-corrected chi connectivity index (χ1v) is 7.99. The van der Waals surface area contributed by atoms with Gasteiger partial charge in [-0.1, -0.05) is 19.1 Å². The monoisotopic (exact) mass is 302 g/mol. The van der Waals surface area contributed by atoms with Gasteiger partial charge >= 0.3 is 0 Å². The minimum absolute atomic E-state index is 0.449. The Balaban J connectivity index is 1.88. The fourth-order valence-corrected chi connectivity index (χ4v) is 3.12. The molecule has 0 saturated heterocycles. The molecular weight excluding hydrogens is 280 g/mol. The van der Waals surface area contributed by atoms with Crippen molar-refractivity contribution in [1.82, 2.24) is 4.98 Å². The smallest absolute Gasteiger partial charge is 0.193 e. The lowest BCUT2D eigenvalue weighted by Gasteiger charge is -2.05. The zero-order valence-electron chi connectivity index (χ0n) is 12.8. The minimum atomic E-state index is 0.449. The van der Waals surface area contributed by atoms with Crippen molar-refractivity contribution in [2.24, 2.45) is 10.7 Å². The fraction of sp³-hybridized carbons (Fsp3) is 0.375. The molecule has 2 aromatic rings. The van der Waals surface area contributed by atoms with Crippen LogP contribution in [0.2, 0.25) is 0 Å². The Kier molecular flexibility index (Phi) is 5.33. The first-order chi connectivity index (χ1) is 10.1. The number of hydrogen-bond donors (Lipinski definition) is 2. The minimum Gasteiger partial charge on any atom is -0.370 e. The van der Waals surface area contributed by atoms with Crippen LogP contribution in [-0.4, -0.2) is 17.5 Å². The summed E-state index contributed by atoms with van der Waals surface area (Å²) in [6.07, 6.45) is 1.82. The second-order valence-electron chi connectivity index (χ2n) is 4.98. The lowest BCUT2D eigenvalue weighted by molar-refractivity contribution is 0.925. The number of benzene rings is 1. The summed E-state index contributed by atoms with van der Waals surface area (Å²) in [6, 6.07) is 8.07. The maximum atomic E-state index is 5.90. The standard InChI is InChI=1S/C16H22N4S/c1-4-14-12(3)21-15(20-14)8-9-18-16(17)19-13-7-5-6-11(2)10-13/h5-7,10H,4,8-9H2,1-3H3,(H3,17,18,19). The Bertz CT molecular complexity index is 631. The van der Waals surface area contributed by atoms with E-state index in [4.69, 9.17) is 5.73 Å². The summed E-state index contributed by atoms with van der Waals surface area (Å²) in [6.45, 7) is 6.96. The van der Waals surface area contributed by atoms with Crippen LogP contribution >= 0.6 is 11.3 Å². The van der Waals surface area contributed by atoms with E-state index in [2.05, 4.69) is 42.1 Å². The van der Waals surface area contributed by atoms with Gasteiger partial charge in [0.2, 0.25) is 0 Å². The van der Waals surface area contributed by atoms with E-state index in [9.17, 15) is 0 Å². The van der Waals surface area contributed by atoms with E-state index in [-0.39, 0.29) is 0 Å². The highest BCUT2D eigenvalue weighted by Gasteiger charge is 2.05. The molecule has 1 aromatic heterocycles. The van der Waals surface area contributed by atoms with E-state index < -0.39 is 0 Å². The number of hydrogen-bond acceptors (Lipinski definition) is 3. The van der Waals surface area contributed by atoms with Gasteiger partial charge in [0.1, 0.15) is 0 Å². The van der Waals surface area contributed by atoms with Crippen molar-refractivity contribution in [2.75, 3.05) is 11.9 Å². The van der Waals surface area contributed by atoms with E-state index in [1.807, 2.05) is 18.2 Å². The second kappa shape index (κ2) is 7.22. The molecule has 21 heavy (non-hydrogen) atoms. The van der Waals surface area contributed by atoms with Crippen LogP contribution in [0, 0.1) is 13.8 Å². The summed E-state index contributed by atoms with van der Waals surface area (Å²) in [5.41, 5.74) is 9.26.